The highest BCUT2D eigenvalue weighted by Crippen LogP contribution is 2.28. The molecule has 1 aliphatic heterocycles. The maximum absolute atomic E-state index is 12.9. The predicted molar refractivity (Wildman–Crippen MR) is 134 cm³/mol. The average molecular weight is 499 g/mol. The minimum atomic E-state index is -0.423. The summed E-state index contributed by atoms with van der Waals surface area (Å²) in [6.45, 7) is 5.61. The number of ether oxygens (including phenoxy) is 1. The van der Waals surface area contributed by atoms with Crippen LogP contribution in [0, 0.1) is 10.1 Å². The van der Waals surface area contributed by atoms with E-state index in [1.165, 1.54) is 23.9 Å². The van der Waals surface area contributed by atoms with Gasteiger partial charge in [0, 0.05) is 60.7 Å². The topological polar surface area (TPSA) is 88.8 Å². The Bertz CT molecular complexity index is 1130. The van der Waals surface area contributed by atoms with Crippen LogP contribution in [0.1, 0.15) is 12.6 Å². The number of hydrogen-bond donors (Lipinski definition) is 0. The van der Waals surface area contributed by atoms with Gasteiger partial charge < -0.3 is 9.64 Å². The molecule has 1 saturated heterocycles. The Kier molecular flexibility index (Phi) is 7.81. The van der Waals surface area contributed by atoms with E-state index in [9.17, 15) is 14.9 Å². The van der Waals surface area contributed by atoms with Gasteiger partial charge in [0.05, 0.1) is 23.0 Å². The zero-order chi connectivity index (χ0) is 24.1. The first kappa shape index (κ1) is 24.2. The van der Waals surface area contributed by atoms with Crippen LogP contribution in [0.15, 0.2) is 58.8 Å². The molecule has 8 nitrogen and oxygen atoms in total. The highest BCUT2D eigenvalue weighted by Gasteiger charge is 2.26. The van der Waals surface area contributed by atoms with Crippen LogP contribution in [0.5, 0.6) is 5.75 Å². The molecule has 10 heteroatoms. The summed E-state index contributed by atoms with van der Waals surface area (Å²) in [5.74, 6) is 0.923. The first-order valence-corrected chi connectivity index (χ1v) is 12.7. The van der Waals surface area contributed by atoms with Gasteiger partial charge in [0.25, 0.3) is 5.69 Å². The van der Waals surface area contributed by atoms with E-state index in [1.54, 1.807) is 30.6 Å². The Balaban J connectivity index is 1.26. The van der Waals surface area contributed by atoms with E-state index in [-0.39, 0.29) is 16.8 Å². The van der Waals surface area contributed by atoms with Crippen LogP contribution >= 0.6 is 23.1 Å². The SMILES string of the molecule is COc1ccc(-c2nc(CN3CCN(C(=O)C(C)Sc4ccc([N+](=O)[O-])cc4)CC3)cs2)cc1. The molecular formula is C24H26N4O4S2. The predicted octanol–water partition coefficient (Wildman–Crippen LogP) is 4.55. The number of thioether (sulfide) groups is 1. The molecule has 3 aromatic rings. The Morgan fingerprint density at radius 2 is 1.82 bits per heavy atom. The molecule has 178 valence electrons. The number of non-ortho nitro benzene ring substituents is 1. The highest BCUT2D eigenvalue weighted by molar-refractivity contribution is 8.00. The van der Waals surface area contributed by atoms with Gasteiger partial charge in [-0.05, 0) is 43.3 Å². The molecule has 1 aromatic heterocycles. The van der Waals surface area contributed by atoms with E-state index in [4.69, 9.17) is 9.72 Å². The average Bonchev–Trinajstić information content (AvgIpc) is 3.33. The van der Waals surface area contributed by atoms with E-state index in [0.717, 1.165) is 46.5 Å². The second kappa shape index (κ2) is 11.0. The van der Waals surface area contributed by atoms with Crippen molar-refractivity contribution >= 4 is 34.7 Å². The van der Waals surface area contributed by atoms with Crippen molar-refractivity contribution in [3.8, 4) is 16.3 Å². The number of nitro groups is 1. The highest BCUT2D eigenvalue weighted by atomic mass is 32.2. The number of nitro benzene ring substituents is 1. The Labute approximate surface area is 206 Å². The fourth-order valence-corrected chi connectivity index (χ4v) is 5.53. The fourth-order valence-electron chi connectivity index (χ4n) is 3.76. The molecule has 0 saturated carbocycles. The van der Waals surface area contributed by atoms with Crippen molar-refractivity contribution in [2.75, 3.05) is 33.3 Å². The molecule has 1 unspecified atom stereocenters. The smallest absolute Gasteiger partial charge is 0.269 e. The summed E-state index contributed by atoms with van der Waals surface area (Å²) in [6.07, 6.45) is 0. The summed E-state index contributed by atoms with van der Waals surface area (Å²) < 4.78 is 5.22. The number of thiazole rings is 1. The largest absolute Gasteiger partial charge is 0.497 e. The monoisotopic (exact) mass is 498 g/mol. The van der Waals surface area contributed by atoms with E-state index < -0.39 is 4.92 Å². The Hall–Kier alpha value is -2.95. The number of nitrogens with zero attached hydrogens (tertiary/aromatic N) is 4. The number of carbonyl (C=O) groups excluding carboxylic acids is 1. The zero-order valence-electron chi connectivity index (χ0n) is 19.0. The third-order valence-corrected chi connectivity index (χ3v) is 7.71. The molecule has 0 bridgehead atoms. The van der Waals surface area contributed by atoms with Crippen molar-refractivity contribution in [1.82, 2.24) is 14.8 Å². The molecule has 0 radical (unpaired) electrons. The first-order valence-electron chi connectivity index (χ1n) is 10.9. The summed E-state index contributed by atoms with van der Waals surface area (Å²) in [6, 6.07) is 14.2. The van der Waals surface area contributed by atoms with Gasteiger partial charge in [-0.2, -0.15) is 0 Å². The van der Waals surface area contributed by atoms with Crippen LogP contribution in [0.2, 0.25) is 0 Å². The molecule has 1 fully saturated rings. The van der Waals surface area contributed by atoms with Crippen LogP contribution in [0.25, 0.3) is 10.6 Å². The minimum Gasteiger partial charge on any atom is -0.497 e. The van der Waals surface area contributed by atoms with Crippen molar-refractivity contribution in [3.63, 3.8) is 0 Å². The lowest BCUT2D eigenvalue weighted by Crippen LogP contribution is -2.50. The van der Waals surface area contributed by atoms with Gasteiger partial charge in [0.1, 0.15) is 10.8 Å². The fraction of sp³-hybridized carbons (Fsp3) is 0.333. The zero-order valence-corrected chi connectivity index (χ0v) is 20.7. The van der Waals surface area contributed by atoms with Gasteiger partial charge in [-0.3, -0.25) is 19.8 Å². The van der Waals surface area contributed by atoms with Crippen molar-refractivity contribution in [3.05, 3.63) is 69.7 Å². The second-order valence-corrected chi connectivity index (χ2v) is 10.3. The quantitative estimate of drug-likeness (QED) is 0.256. The summed E-state index contributed by atoms with van der Waals surface area (Å²) in [5.41, 5.74) is 2.17. The standard InChI is InChI=1S/C24H26N4O4S2/c1-17(34-22-9-5-20(6-10-22)28(30)31)24(29)27-13-11-26(12-14-27)15-19-16-33-23(25-19)18-3-7-21(32-2)8-4-18/h3-10,16-17H,11-15H2,1-2H3. The molecule has 4 rings (SSSR count). The lowest BCUT2D eigenvalue weighted by atomic mass is 10.2. The molecule has 0 aliphatic carbocycles. The van der Waals surface area contributed by atoms with Gasteiger partial charge in [-0.25, -0.2) is 4.98 Å². The number of aromatic nitrogens is 1. The normalized spacial score (nSPS) is 15.2. The molecule has 0 N–H and O–H groups in total. The molecule has 1 amide bonds. The molecule has 2 aromatic carbocycles. The molecule has 34 heavy (non-hydrogen) atoms. The lowest BCUT2D eigenvalue weighted by molar-refractivity contribution is -0.384. The molecular weight excluding hydrogens is 472 g/mol. The van der Waals surface area contributed by atoms with Gasteiger partial charge in [-0.15, -0.1) is 23.1 Å². The summed E-state index contributed by atoms with van der Waals surface area (Å²) in [5, 5.41) is 13.6. The van der Waals surface area contributed by atoms with Gasteiger partial charge in [-0.1, -0.05) is 0 Å². The minimum absolute atomic E-state index is 0.0516. The van der Waals surface area contributed by atoms with Crippen molar-refractivity contribution in [2.45, 2.75) is 23.6 Å². The molecule has 1 aliphatic rings. The Morgan fingerprint density at radius 3 is 2.44 bits per heavy atom. The third kappa shape index (κ3) is 5.94. The van der Waals surface area contributed by atoms with Crippen LogP contribution in [-0.4, -0.2) is 64.2 Å². The van der Waals surface area contributed by atoms with E-state index >= 15 is 0 Å². The molecule has 0 spiro atoms. The number of hydrogen-bond acceptors (Lipinski definition) is 8. The summed E-state index contributed by atoms with van der Waals surface area (Å²) >= 11 is 3.06. The van der Waals surface area contributed by atoms with Crippen LogP contribution < -0.4 is 4.74 Å². The van der Waals surface area contributed by atoms with Crippen LogP contribution in [0.3, 0.4) is 0 Å². The number of rotatable bonds is 8. The number of carbonyl (C=O) groups is 1. The third-order valence-electron chi connectivity index (χ3n) is 5.67. The maximum Gasteiger partial charge on any atom is 0.269 e. The van der Waals surface area contributed by atoms with Crippen molar-refractivity contribution in [1.29, 1.82) is 0 Å². The second-order valence-electron chi connectivity index (χ2n) is 7.99. The molecule has 2 heterocycles. The lowest BCUT2D eigenvalue weighted by Gasteiger charge is -2.35. The maximum atomic E-state index is 12.9. The van der Waals surface area contributed by atoms with E-state index in [0.29, 0.717) is 13.1 Å². The Morgan fingerprint density at radius 1 is 1.15 bits per heavy atom. The number of methoxy groups -OCH3 is 1. The van der Waals surface area contributed by atoms with Gasteiger partial charge >= 0.3 is 0 Å². The summed E-state index contributed by atoms with van der Waals surface area (Å²) in [4.78, 5) is 33.2. The van der Waals surface area contributed by atoms with Crippen LogP contribution in [-0.2, 0) is 11.3 Å². The van der Waals surface area contributed by atoms with Crippen LogP contribution in [0.4, 0.5) is 5.69 Å². The first-order chi connectivity index (χ1) is 16.4. The molecule has 1 atom stereocenters. The number of piperazine rings is 1. The number of benzene rings is 2. The summed E-state index contributed by atoms with van der Waals surface area (Å²) in [7, 11) is 1.66. The van der Waals surface area contributed by atoms with Gasteiger partial charge in [0.15, 0.2) is 0 Å². The van der Waals surface area contributed by atoms with Crippen molar-refractivity contribution in [2.24, 2.45) is 0 Å². The van der Waals surface area contributed by atoms with Crippen molar-refractivity contribution < 1.29 is 14.5 Å². The van der Waals surface area contributed by atoms with E-state index in [1.807, 2.05) is 36.1 Å². The van der Waals surface area contributed by atoms with Gasteiger partial charge in [0.2, 0.25) is 5.91 Å². The van der Waals surface area contributed by atoms with E-state index in [2.05, 4.69) is 10.3 Å². The number of amides is 1.